The fourth-order valence-corrected chi connectivity index (χ4v) is 4.02. The Morgan fingerprint density at radius 2 is 1.44 bits per heavy atom. The SMILES string of the molecule is C=C[Si](CCC)(OCCCC)OCCCC. The molecule has 0 amide bonds. The van der Waals surface area contributed by atoms with Gasteiger partial charge in [0.2, 0.25) is 0 Å². The molecule has 0 aliphatic heterocycles. The second-order valence-electron chi connectivity index (χ2n) is 4.17. The van der Waals surface area contributed by atoms with Gasteiger partial charge in [-0.2, -0.15) is 0 Å². The Kier molecular flexibility index (Phi) is 9.98. The molecular weight excluding hydrogens is 216 g/mol. The molecule has 16 heavy (non-hydrogen) atoms. The van der Waals surface area contributed by atoms with Crippen LogP contribution in [0.15, 0.2) is 12.3 Å². The Bertz CT molecular complexity index is 161. The summed E-state index contributed by atoms with van der Waals surface area (Å²) in [5.41, 5.74) is 1.96. The molecule has 0 saturated carbocycles. The van der Waals surface area contributed by atoms with Crippen molar-refractivity contribution in [3.05, 3.63) is 12.3 Å². The van der Waals surface area contributed by atoms with Crippen molar-refractivity contribution in [1.29, 1.82) is 0 Å². The summed E-state index contributed by atoms with van der Waals surface area (Å²) in [4.78, 5) is 0. The molecule has 0 aromatic heterocycles. The Hall–Kier alpha value is -0.123. The van der Waals surface area contributed by atoms with Crippen LogP contribution in [0.2, 0.25) is 6.04 Å². The van der Waals surface area contributed by atoms with Crippen LogP contribution < -0.4 is 0 Å². The first-order valence-corrected chi connectivity index (χ1v) is 8.76. The Labute approximate surface area is 102 Å². The smallest absolute Gasteiger partial charge is 0.364 e. The maximum atomic E-state index is 6.00. The van der Waals surface area contributed by atoms with Crippen LogP contribution in [0.1, 0.15) is 52.9 Å². The number of hydrogen-bond acceptors (Lipinski definition) is 2. The van der Waals surface area contributed by atoms with Crippen LogP contribution in [0.25, 0.3) is 0 Å². The normalized spacial score (nSPS) is 11.7. The largest absolute Gasteiger partial charge is 0.391 e. The van der Waals surface area contributed by atoms with Crippen molar-refractivity contribution < 1.29 is 8.85 Å². The predicted octanol–water partition coefficient (Wildman–Crippen LogP) is 4.20. The summed E-state index contributed by atoms with van der Waals surface area (Å²) in [7, 11) is -2.08. The van der Waals surface area contributed by atoms with E-state index in [1.165, 1.54) is 12.8 Å². The summed E-state index contributed by atoms with van der Waals surface area (Å²) in [5.74, 6) is 0. The van der Waals surface area contributed by atoms with Gasteiger partial charge < -0.3 is 8.85 Å². The molecule has 0 saturated heterocycles. The van der Waals surface area contributed by atoms with Gasteiger partial charge >= 0.3 is 8.56 Å². The van der Waals surface area contributed by atoms with Crippen LogP contribution in [0.5, 0.6) is 0 Å². The van der Waals surface area contributed by atoms with Crippen LogP contribution in [-0.4, -0.2) is 21.8 Å². The van der Waals surface area contributed by atoms with Gasteiger partial charge in [0.25, 0.3) is 0 Å². The number of rotatable bonds is 11. The molecule has 0 aliphatic carbocycles. The third kappa shape index (κ3) is 6.46. The van der Waals surface area contributed by atoms with Gasteiger partial charge in [-0.1, -0.05) is 40.0 Å². The summed E-state index contributed by atoms with van der Waals surface area (Å²) in [5, 5.41) is 0. The van der Waals surface area contributed by atoms with E-state index in [4.69, 9.17) is 8.85 Å². The molecule has 0 fully saturated rings. The highest BCUT2D eigenvalue weighted by atomic mass is 28.4. The van der Waals surface area contributed by atoms with Crippen LogP contribution in [-0.2, 0) is 8.85 Å². The lowest BCUT2D eigenvalue weighted by Crippen LogP contribution is -2.40. The average molecular weight is 244 g/mol. The van der Waals surface area contributed by atoms with Crippen molar-refractivity contribution in [2.45, 2.75) is 58.9 Å². The molecule has 96 valence electrons. The van der Waals surface area contributed by atoms with Crippen LogP contribution in [0.3, 0.4) is 0 Å². The van der Waals surface area contributed by atoms with E-state index in [9.17, 15) is 0 Å². The van der Waals surface area contributed by atoms with E-state index in [2.05, 4.69) is 27.4 Å². The molecule has 0 unspecified atom stereocenters. The van der Waals surface area contributed by atoms with Crippen molar-refractivity contribution >= 4 is 8.56 Å². The summed E-state index contributed by atoms with van der Waals surface area (Å²) in [6.07, 6.45) is 5.68. The van der Waals surface area contributed by atoms with Gasteiger partial charge in [0.05, 0.1) is 0 Å². The minimum Gasteiger partial charge on any atom is -0.391 e. The second kappa shape index (κ2) is 10.1. The topological polar surface area (TPSA) is 18.5 Å². The molecule has 0 radical (unpaired) electrons. The highest BCUT2D eigenvalue weighted by Crippen LogP contribution is 2.18. The van der Waals surface area contributed by atoms with Crippen molar-refractivity contribution in [1.82, 2.24) is 0 Å². The first-order valence-electron chi connectivity index (χ1n) is 6.66. The molecule has 0 N–H and O–H groups in total. The Morgan fingerprint density at radius 1 is 0.938 bits per heavy atom. The summed E-state index contributed by atoms with van der Waals surface area (Å²) in [6.45, 7) is 12.1. The van der Waals surface area contributed by atoms with E-state index in [0.717, 1.165) is 38.5 Å². The van der Waals surface area contributed by atoms with Crippen molar-refractivity contribution in [3.63, 3.8) is 0 Å². The average Bonchev–Trinajstić information content (AvgIpc) is 2.29. The molecule has 0 bridgehead atoms. The van der Waals surface area contributed by atoms with Gasteiger partial charge in [-0.05, 0) is 24.6 Å². The summed E-state index contributed by atoms with van der Waals surface area (Å²) < 4.78 is 12.0. The zero-order valence-corrected chi connectivity index (χ0v) is 12.3. The zero-order valence-electron chi connectivity index (χ0n) is 11.3. The summed E-state index contributed by atoms with van der Waals surface area (Å²) in [6, 6.07) is 1.03. The van der Waals surface area contributed by atoms with E-state index < -0.39 is 8.56 Å². The van der Waals surface area contributed by atoms with Gasteiger partial charge in [0.1, 0.15) is 0 Å². The molecule has 0 aliphatic rings. The first-order chi connectivity index (χ1) is 7.74. The quantitative estimate of drug-likeness (QED) is 0.401. The molecule has 0 atom stereocenters. The van der Waals surface area contributed by atoms with Crippen LogP contribution in [0.4, 0.5) is 0 Å². The molecule has 0 aromatic rings. The van der Waals surface area contributed by atoms with Crippen molar-refractivity contribution in [3.8, 4) is 0 Å². The maximum absolute atomic E-state index is 6.00. The highest BCUT2D eigenvalue weighted by molar-refractivity contribution is 6.72. The third-order valence-corrected chi connectivity index (χ3v) is 5.80. The van der Waals surface area contributed by atoms with Gasteiger partial charge in [0.15, 0.2) is 0 Å². The highest BCUT2D eigenvalue weighted by Gasteiger charge is 2.32. The maximum Gasteiger partial charge on any atom is 0.364 e. The fourth-order valence-electron chi connectivity index (χ4n) is 1.53. The molecule has 2 nitrogen and oxygen atoms in total. The standard InChI is InChI=1S/C13H28O2Si/c1-5-9-11-14-16(8-4,13-7-3)15-12-10-6-2/h8H,4-7,9-13H2,1-3H3. The molecule has 0 heterocycles. The van der Waals surface area contributed by atoms with Crippen molar-refractivity contribution in [2.24, 2.45) is 0 Å². The lowest BCUT2D eigenvalue weighted by Gasteiger charge is -2.27. The monoisotopic (exact) mass is 244 g/mol. The molecule has 3 heteroatoms. The lowest BCUT2D eigenvalue weighted by molar-refractivity contribution is 0.173. The predicted molar refractivity (Wildman–Crippen MR) is 72.8 cm³/mol. The number of unbranched alkanes of at least 4 members (excludes halogenated alkanes) is 2. The zero-order chi connectivity index (χ0) is 12.3. The lowest BCUT2D eigenvalue weighted by atomic mass is 10.4. The first kappa shape index (κ1) is 15.9. The minimum absolute atomic E-state index is 0.820. The Morgan fingerprint density at radius 3 is 1.75 bits per heavy atom. The molecule has 0 spiro atoms. The van der Waals surface area contributed by atoms with Crippen LogP contribution in [0, 0.1) is 0 Å². The summed E-state index contributed by atoms with van der Waals surface area (Å²) >= 11 is 0. The van der Waals surface area contributed by atoms with E-state index >= 15 is 0 Å². The molecular formula is C13H28O2Si. The van der Waals surface area contributed by atoms with E-state index in [0.29, 0.717) is 0 Å². The fraction of sp³-hybridized carbons (Fsp3) is 0.846. The van der Waals surface area contributed by atoms with Gasteiger partial charge in [-0.25, -0.2) is 0 Å². The third-order valence-electron chi connectivity index (χ3n) is 2.60. The van der Waals surface area contributed by atoms with Gasteiger partial charge in [0, 0.05) is 13.2 Å². The second-order valence-corrected chi connectivity index (χ2v) is 7.28. The number of hydrogen-bond donors (Lipinski definition) is 0. The van der Waals surface area contributed by atoms with Gasteiger partial charge in [-0.3, -0.25) is 0 Å². The Balaban J connectivity index is 4.14. The van der Waals surface area contributed by atoms with E-state index in [-0.39, 0.29) is 0 Å². The van der Waals surface area contributed by atoms with E-state index in [1.807, 2.05) is 5.70 Å². The van der Waals surface area contributed by atoms with Crippen LogP contribution >= 0.6 is 0 Å². The van der Waals surface area contributed by atoms with Gasteiger partial charge in [-0.15, -0.1) is 6.58 Å². The van der Waals surface area contributed by atoms with Crippen molar-refractivity contribution in [2.75, 3.05) is 13.2 Å². The van der Waals surface area contributed by atoms with E-state index in [1.54, 1.807) is 0 Å². The molecule has 0 rings (SSSR count). The molecule has 0 aromatic carbocycles. The minimum atomic E-state index is -2.08.